The number of aliphatic carboxylic acids is 1. The van der Waals surface area contributed by atoms with E-state index >= 15 is 0 Å². The Morgan fingerprint density at radius 1 is 1.36 bits per heavy atom. The van der Waals surface area contributed by atoms with Crippen LogP contribution in [0.3, 0.4) is 0 Å². The number of ether oxygens (including phenoxy) is 1. The molecule has 0 rings (SSSR count). The number of nitrogens with one attached hydrogen (secondary N) is 1. The summed E-state index contributed by atoms with van der Waals surface area (Å²) in [5, 5.41) is 10.5. The van der Waals surface area contributed by atoms with E-state index in [0.29, 0.717) is 0 Å². The topological polar surface area (TPSA) is 92.7 Å². The fourth-order valence-corrected chi connectivity index (χ4v) is 0.535. The first-order chi connectivity index (χ1) is 6.47. The van der Waals surface area contributed by atoms with Gasteiger partial charge in [-0.1, -0.05) is 0 Å². The normalized spacial score (nSPS) is 12.1. The number of methoxy groups -OCH3 is 1. The van der Waals surface area contributed by atoms with Gasteiger partial charge in [-0.3, -0.25) is 9.59 Å². The van der Waals surface area contributed by atoms with Crippen molar-refractivity contribution in [2.75, 3.05) is 7.11 Å². The largest absolute Gasteiger partial charge is 0.480 e. The summed E-state index contributed by atoms with van der Waals surface area (Å²) >= 11 is 0. The van der Waals surface area contributed by atoms with Gasteiger partial charge in [0.15, 0.2) is 0 Å². The summed E-state index contributed by atoms with van der Waals surface area (Å²) in [5.74, 6) is -2.49. The first-order valence-corrected chi connectivity index (χ1v) is 3.76. The molecule has 0 bridgehead atoms. The van der Waals surface area contributed by atoms with E-state index in [1.807, 2.05) is 0 Å². The number of rotatable bonds is 4. The molecule has 2 N–H and O–H groups in total. The molecule has 0 fully saturated rings. The summed E-state index contributed by atoms with van der Waals surface area (Å²) in [6.07, 6.45) is 1.81. The van der Waals surface area contributed by atoms with Gasteiger partial charge in [-0.2, -0.15) is 0 Å². The van der Waals surface area contributed by atoms with Crippen LogP contribution >= 0.6 is 0 Å². The van der Waals surface area contributed by atoms with E-state index in [1.54, 1.807) is 0 Å². The van der Waals surface area contributed by atoms with Crippen LogP contribution < -0.4 is 5.32 Å². The third-order valence-electron chi connectivity index (χ3n) is 1.30. The van der Waals surface area contributed by atoms with Crippen LogP contribution in [0, 0.1) is 0 Å². The maximum Gasteiger partial charge on any atom is 0.330 e. The molecule has 0 saturated carbocycles. The van der Waals surface area contributed by atoms with Gasteiger partial charge < -0.3 is 15.2 Å². The second-order valence-electron chi connectivity index (χ2n) is 2.43. The summed E-state index contributed by atoms with van der Waals surface area (Å²) in [5.41, 5.74) is 0. The van der Waals surface area contributed by atoms with E-state index in [1.165, 1.54) is 14.0 Å². The molecule has 0 aromatic rings. The fraction of sp³-hybridized carbons (Fsp3) is 0.375. The van der Waals surface area contributed by atoms with Gasteiger partial charge in [-0.15, -0.1) is 0 Å². The van der Waals surface area contributed by atoms with Gasteiger partial charge in [0.25, 0.3) is 0 Å². The minimum absolute atomic E-state index is 0.662. The molecule has 0 radical (unpaired) electrons. The van der Waals surface area contributed by atoms with Crippen LogP contribution in [0.25, 0.3) is 0 Å². The number of hydrogen-bond acceptors (Lipinski definition) is 4. The van der Waals surface area contributed by atoms with Crippen LogP contribution in [0.1, 0.15) is 6.92 Å². The molecule has 0 aromatic carbocycles. The molecule has 0 aromatic heterocycles. The zero-order valence-electron chi connectivity index (χ0n) is 7.81. The molecule has 1 atom stereocenters. The predicted molar refractivity (Wildman–Crippen MR) is 46.4 cm³/mol. The highest BCUT2D eigenvalue weighted by atomic mass is 16.5. The highest BCUT2D eigenvalue weighted by molar-refractivity contribution is 5.96. The third-order valence-corrected chi connectivity index (χ3v) is 1.30. The van der Waals surface area contributed by atoms with Gasteiger partial charge in [0, 0.05) is 12.2 Å². The van der Waals surface area contributed by atoms with Gasteiger partial charge in [0.1, 0.15) is 6.04 Å². The molecule has 6 heteroatoms. The number of hydrogen-bond donors (Lipinski definition) is 2. The van der Waals surface area contributed by atoms with Crippen molar-refractivity contribution >= 4 is 17.8 Å². The molecule has 0 saturated heterocycles. The Kier molecular flexibility index (Phi) is 4.98. The van der Waals surface area contributed by atoms with Gasteiger partial charge >= 0.3 is 11.9 Å². The number of carboxylic acids is 1. The summed E-state index contributed by atoms with van der Waals surface area (Å²) < 4.78 is 4.23. The second kappa shape index (κ2) is 5.74. The molecule has 78 valence electrons. The summed E-state index contributed by atoms with van der Waals surface area (Å²) in [7, 11) is 1.17. The molecular formula is C8H11NO5. The molecule has 0 aliphatic carbocycles. The van der Waals surface area contributed by atoms with E-state index in [0.717, 1.165) is 12.2 Å². The molecule has 0 aliphatic rings. The van der Waals surface area contributed by atoms with Crippen LogP contribution in [-0.4, -0.2) is 36.1 Å². The Bertz CT molecular complexity index is 271. The number of carboxylic acid groups (broad SMARTS) is 1. The van der Waals surface area contributed by atoms with Crippen molar-refractivity contribution in [3.8, 4) is 0 Å². The standard InChI is InChI=1S/C8H11NO5/c1-5(8(12)13)9-6(10)3-4-7(11)14-2/h3-5H,1-2H3,(H,9,10)(H,12,13)/b4-3+. The van der Waals surface area contributed by atoms with Crippen molar-refractivity contribution in [1.29, 1.82) is 0 Å². The van der Waals surface area contributed by atoms with Crippen molar-refractivity contribution in [3.63, 3.8) is 0 Å². The predicted octanol–water partition coefficient (Wildman–Crippen LogP) is -0.695. The maximum atomic E-state index is 10.9. The average Bonchev–Trinajstić information content (AvgIpc) is 2.13. The second-order valence-corrected chi connectivity index (χ2v) is 2.43. The van der Waals surface area contributed by atoms with Crippen LogP contribution in [0.4, 0.5) is 0 Å². The van der Waals surface area contributed by atoms with Crippen LogP contribution in [-0.2, 0) is 19.1 Å². The zero-order chi connectivity index (χ0) is 11.1. The lowest BCUT2D eigenvalue weighted by Gasteiger charge is -2.05. The minimum Gasteiger partial charge on any atom is -0.480 e. The highest BCUT2D eigenvalue weighted by Gasteiger charge is 2.11. The van der Waals surface area contributed by atoms with Gasteiger partial charge in [0.05, 0.1) is 7.11 Å². The Balaban J connectivity index is 4.05. The quantitative estimate of drug-likeness (QED) is 0.463. The molecule has 0 heterocycles. The lowest BCUT2D eigenvalue weighted by Crippen LogP contribution is -2.37. The molecule has 1 unspecified atom stereocenters. The summed E-state index contributed by atoms with van der Waals surface area (Å²) in [4.78, 5) is 31.7. The first kappa shape index (κ1) is 12.2. The molecule has 0 aliphatic heterocycles. The van der Waals surface area contributed by atoms with Crippen molar-refractivity contribution in [1.82, 2.24) is 5.32 Å². The number of esters is 1. The van der Waals surface area contributed by atoms with Crippen LogP contribution in [0.15, 0.2) is 12.2 Å². The number of amides is 1. The lowest BCUT2D eigenvalue weighted by molar-refractivity contribution is -0.140. The Labute approximate surface area is 80.5 Å². The van der Waals surface area contributed by atoms with Crippen LogP contribution in [0.5, 0.6) is 0 Å². The molecule has 14 heavy (non-hydrogen) atoms. The highest BCUT2D eigenvalue weighted by Crippen LogP contribution is 1.83. The summed E-state index contributed by atoms with van der Waals surface area (Å²) in [6, 6.07) is -0.996. The Morgan fingerprint density at radius 3 is 2.36 bits per heavy atom. The zero-order valence-corrected chi connectivity index (χ0v) is 7.81. The average molecular weight is 201 g/mol. The number of carbonyl (C=O) groups is 3. The number of carbonyl (C=O) groups excluding carboxylic acids is 2. The van der Waals surface area contributed by atoms with E-state index in [4.69, 9.17) is 5.11 Å². The van der Waals surface area contributed by atoms with Gasteiger partial charge in [-0.25, -0.2) is 4.79 Å². The van der Waals surface area contributed by atoms with Gasteiger partial charge in [-0.05, 0) is 6.92 Å². The summed E-state index contributed by atoms with van der Waals surface area (Å²) in [6.45, 7) is 1.31. The maximum absolute atomic E-state index is 10.9. The fourth-order valence-electron chi connectivity index (χ4n) is 0.535. The molecular weight excluding hydrogens is 190 g/mol. The minimum atomic E-state index is -1.15. The molecule has 1 amide bonds. The molecule has 0 spiro atoms. The van der Waals surface area contributed by atoms with Crippen molar-refractivity contribution in [2.24, 2.45) is 0 Å². The smallest absolute Gasteiger partial charge is 0.330 e. The van der Waals surface area contributed by atoms with E-state index in [9.17, 15) is 14.4 Å². The van der Waals surface area contributed by atoms with Crippen molar-refractivity contribution in [2.45, 2.75) is 13.0 Å². The van der Waals surface area contributed by atoms with E-state index in [-0.39, 0.29) is 0 Å². The van der Waals surface area contributed by atoms with Crippen LogP contribution in [0.2, 0.25) is 0 Å². The Morgan fingerprint density at radius 2 is 1.93 bits per heavy atom. The molecule has 6 nitrogen and oxygen atoms in total. The van der Waals surface area contributed by atoms with Crippen molar-refractivity contribution < 1.29 is 24.2 Å². The van der Waals surface area contributed by atoms with E-state index in [2.05, 4.69) is 10.1 Å². The van der Waals surface area contributed by atoms with Gasteiger partial charge in [0.2, 0.25) is 5.91 Å². The van der Waals surface area contributed by atoms with E-state index < -0.39 is 23.9 Å². The lowest BCUT2D eigenvalue weighted by atomic mass is 10.3. The monoisotopic (exact) mass is 201 g/mol. The third kappa shape index (κ3) is 4.91. The SMILES string of the molecule is COC(=O)/C=C/C(=O)NC(C)C(=O)O. The van der Waals surface area contributed by atoms with Crippen molar-refractivity contribution in [3.05, 3.63) is 12.2 Å². The first-order valence-electron chi connectivity index (χ1n) is 3.76. The Hall–Kier alpha value is -1.85.